The van der Waals surface area contributed by atoms with Crippen LogP contribution in [-0.4, -0.2) is 34.8 Å². The van der Waals surface area contributed by atoms with E-state index in [4.69, 9.17) is 0 Å². The first-order valence-electron chi connectivity index (χ1n) is 9.47. The van der Waals surface area contributed by atoms with Gasteiger partial charge in [0.1, 0.15) is 12.1 Å². The van der Waals surface area contributed by atoms with E-state index in [0.29, 0.717) is 12.1 Å². The lowest BCUT2D eigenvalue weighted by Crippen LogP contribution is -2.44. The van der Waals surface area contributed by atoms with Crippen LogP contribution in [0.3, 0.4) is 0 Å². The Hall–Kier alpha value is -1.89. The van der Waals surface area contributed by atoms with Crippen LogP contribution >= 0.6 is 15.9 Å². The Morgan fingerprint density at radius 3 is 2.59 bits per heavy atom. The molecule has 0 aromatic heterocycles. The molecule has 27 heavy (non-hydrogen) atoms. The molecule has 7 heteroatoms. The van der Waals surface area contributed by atoms with Crippen molar-refractivity contribution in [3.8, 4) is 0 Å². The Bertz CT molecular complexity index is 722. The van der Waals surface area contributed by atoms with Crippen LogP contribution in [0.1, 0.15) is 57.9 Å². The summed E-state index contributed by atoms with van der Waals surface area (Å²) in [5.74, 6) is -0.721. The van der Waals surface area contributed by atoms with Gasteiger partial charge >= 0.3 is 6.03 Å². The third kappa shape index (κ3) is 5.54. The van der Waals surface area contributed by atoms with Gasteiger partial charge in [-0.25, -0.2) is 4.79 Å². The van der Waals surface area contributed by atoms with Crippen LogP contribution < -0.4 is 10.6 Å². The molecule has 4 amide bonds. The van der Waals surface area contributed by atoms with E-state index >= 15 is 0 Å². The number of carbonyl (C=O) groups is 3. The van der Waals surface area contributed by atoms with Gasteiger partial charge in [0, 0.05) is 10.2 Å². The van der Waals surface area contributed by atoms with Gasteiger partial charge < -0.3 is 10.6 Å². The van der Waals surface area contributed by atoms with Crippen molar-refractivity contribution in [2.45, 2.75) is 64.8 Å². The van der Waals surface area contributed by atoms with E-state index in [1.54, 1.807) is 13.0 Å². The fraction of sp³-hybridized carbons (Fsp3) is 0.550. The van der Waals surface area contributed by atoms with E-state index in [2.05, 4.69) is 33.5 Å². The molecule has 0 spiro atoms. The van der Waals surface area contributed by atoms with Crippen LogP contribution in [0.25, 0.3) is 0 Å². The first-order chi connectivity index (χ1) is 12.8. The minimum atomic E-state index is -0.920. The smallest absolute Gasteiger partial charge is 0.324 e. The average Bonchev–Trinajstić information content (AvgIpc) is 2.81. The molecular weight excluding hydrogens is 410 g/mol. The topological polar surface area (TPSA) is 78.5 Å². The van der Waals surface area contributed by atoms with Gasteiger partial charge in [-0.15, -0.1) is 0 Å². The van der Waals surface area contributed by atoms with Gasteiger partial charge in [0.2, 0.25) is 5.91 Å². The minimum absolute atomic E-state index is 0.286. The second-order valence-electron chi connectivity index (χ2n) is 7.33. The quantitative estimate of drug-likeness (QED) is 0.444. The summed E-state index contributed by atoms with van der Waals surface area (Å²) in [6, 6.07) is 4.99. The number of halogens is 1. The summed E-state index contributed by atoms with van der Waals surface area (Å²) < 4.78 is 0.918. The minimum Gasteiger partial charge on any atom is -0.324 e. The Balaban J connectivity index is 1.93. The Morgan fingerprint density at radius 2 is 1.93 bits per heavy atom. The molecule has 148 valence electrons. The standard InChI is InChI=1S/C20H28BrN3O3/c1-4-5-6-7-8-11-20(3)18(26)24(19(27)23-20)13-17(25)22-16-10-9-15(21)12-14(16)2/h9-10,12H,4-8,11,13H2,1-3H3,(H,22,25)(H,23,27). The van der Waals surface area contributed by atoms with E-state index in [0.717, 1.165) is 40.6 Å². The highest BCUT2D eigenvalue weighted by molar-refractivity contribution is 9.10. The second kappa shape index (κ2) is 9.35. The molecule has 0 aliphatic carbocycles. The number of nitrogens with zero attached hydrogens (tertiary/aromatic N) is 1. The maximum atomic E-state index is 12.7. The van der Waals surface area contributed by atoms with E-state index in [1.165, 1.54) is 6.42 Å². The van der Waals surface area contributed by atoms with Crippen molar-refractivity contribution in [1.82, 2.24) is 10.2 Å². The summed E-state index contributed by atoms with van der Waals surface area (Å²) in [7, 11) is 0. The zero-order valence-electron chi connectivity index (χ0n) is 16.2. The number of amides is 4. The summed E-state index contributed by atoms with van der Waals surface area (Å²) >= 11 is 3.38. The number of anilines is 1. The second-order valence-corrected chi connectivity index (χ2v) is 8.24. The zero-order valence-corrected chi connectivity index (χ0v) is 17.8. The van der Waals surface area contributed by atoms with E-state index in [1.807, 2.05) is 19.1 Å². The first kappa shape index (κ1) is 21.4. The predicted octanol–water partition coefficient (Wildman–Crippen LogP) is 4.37. The summed E-state index contributed by atoms with van der Waals surface area (Å²) in [5, 5.41) is 5.53. The number of hydrogen-bond donors (Lipinski definition) is 2. The lowest BCUT2D eigenvalue weighted by atomic mass is 9.94. The fourth-order valence-corrected chi connectivity index (χ4v) is 3.72. The van der Waals surface area contributed by atoms with Crippen molar-refractivity contribution in [3.63, 3.8) is 0 Å². The molecule has 1 atom stereocenters. The molecule has 1 unspecified atom stereocenters. The average molecular weight is 438 g/mol. The molecule has 1 aromatic rings. The van der Waals surface area contributed by atoms with Gasteiger partial charge in [0.05, 0.1) is 0 Å². The Kier molecular flexibility index (Phi) is 7.41. The van der Waals surface area contributed by atoms with Crippen LogP contribution in [-0.2, 0) is 9.59 Å². The maximum Gasteiger partial charge on any atom is 0.325 e. The Labute approximate surface area is 169 Å². The molecule has 0 saturated carbocycles. The third-order valence-corrected chi connectivity index (χ3v) is 5.38. The molecule has 2 rings (SSSR count). The highest BCUT2D eigenvalue weighted by Gasteiger charge is 2.47. The van der Waals surface area contributed by atoms with Crippen molar-refractivity contribution >= 4 is 39.5 Å². The highest BCUT2D eigenvalue weighted by atomic mass is 79.9. The first-order valence-corrected chi connectivity index (χ1v) is 10.3. The van der Waals surface area contributed by atoms with Gasteiger partial charge in [-0.1, -0.05) is 55.0 Å². The fourth-order valence-electron chi connectivity index (χ4n) is 3.24. The number of carbonyl (C=O) groups excluding carboxylic acids is 3. The largest absolute Gasteiger partial charge is 0.325 e. The number of aryl methyl sites for hydroxylation is 1. The lowest BCUT2D eigenvalue weighted by Gasteiger charge is -2.21. The van der Waals surface area contributed by atoms with E-state index in [-0.39, 0.29) is 12.5 Å². The molecular formula is C20H28BrN3O3. The van der Waals surface area contributed by atoms with Crippen LogP contribution in [0.4, 0.5) is 10.5 Å². The number of imide groups is 1. The molecule has 6 nitrogen and oxygen atoms in total. The van der Waals surface area contributed by atoms with Crippen LogP contribution in [0, 0.1) is 6.92 Å². The van der Waals surface area contributed by atoms with Crippen molar-refractivity contribution in [1.29, 1.82) is 0 Å². The molecule has 0 bridgehead atoms. The zero-order chi connectivity index (χ0) is 20.0. The molecule has 1 aliphatic heterocycles. The van der Waals surface area contributed by atoms with Crippen LogP contribution in [0.15, 0.2) is 22.7 Å². The molecule has 1 saturated heterocycles. The van der Waals surface area contributed by atoms with E-state index in [9.17, 15) is 14.4 Å². The summed E-state index contributed by atoms with van der Waals surface area (Å²) in [6.45, 7) is 5.49. The molecule has 1 heterocycles. The van der Waals surface area contributed by atoms with E-state index < -0.39 is 17.5 Å². The molecule has 1 aromatic carbocycles. The van der Waals surface area contributed by atoms with Crippen molar-refractivity contribution < 1.29 is 14.4 Å². The SMILES string of the molecule is CCCCCCCC1(C)NC(=O)N(CC(=O)Nc2ccc(Br)cc2C)C1=O. The van der Waals surface area contributed by atoms with Gasteiger partial charge in [0.15, 0.2) is 0 Å². The monoisotopic (exact) mass is 437 g/mol. The summed E-state index contributed by atoms with van der Waals surface area (Å²) in [6.07, 6.45) is 5.97. The number of hydrogen-bond acceptors (Lipinski definition) is 3. The molecule has 1 aliphatic rings. The molecule has 1 fully saturated rings. The van der Waals surface area contributed by atoms with Crippen LogP contribution in [0.2, 0.25) is 0 Å². The summed E-state index contributed by atoms with van der Waals surface area (Å²) in [5.41, 5.74) is 0.637. The Morgan fingerprint density at radius 1 is 1.22 bits per heavy atom. The van der Waals surface area contributed by atoms with Crippen LogP contribution in [0.5, 0.6) is 0 Å². The van der Waals surface area contributed by atoms with Gasteiger partial charge in [-0.2, -0.15) is 0 Å². The van der Waals surface area contributed by atoms with Gasteiger partial charge in [0.25, 0.3) is 5.91 Å². The lowest BCUT2D eigenvalue weighted by molar-refractivity contribution is -0.133. The number of benzene rings is 1. The summed E-state index contributed by atoms with van der Waals surface area (Å²) in [4.78, 5) is 38.3. The normalized spacial score (nSPS) is 19.3. The highest BCUT2D eigenvalue weighted by Crippen LogP contribution is 2.25. The number of nitrogens with one attached hydrogen (secondary N) is 2. The maximum absolute atomic E-state index is 12.7. The molecule has 0 radical (unpaired) electrons. The van der Waals surface area contributed by atoms with Gasteiger partial charge in [-0.05, 0) is 44.0 Å². The van der Waals surface area contributed by atoms with Crippen molar-refractivity contribution in [2.24, 2.45) is 0 Å². The number of rotatable bonds is 9. The predicted molar refractivity (Wildman–Crippen MR) is 110 cm³/mol. The molecule has 2 N–H and O–H groups in total. The van der Waals surface area contributed by atoms with Gasteiger partial charge in [-0.3, -0.25) is 14.5 Å². The third-order valence-electron chi connectivity index (χ3n) is 4.89. The number of unbranched alkanes of at least 4 members (excludes halogenated alkanes) is 4. The van der Waals surface area contributed by atoms with Crippen molar-refractivity contribution in [2.75, 3.05) is 11.9 Å². The number of urea groups is 1. The van der Waals surface area contributed by atoms with Crippen molar-refractivity contribution in [3.05, 3.63) is 28.2 Å².